The van der Waals surface area contributed by atoms with Crippen LogP contribution < -0.4 is 9.47 Å². The first-order chi connectivity index (χ1) is 16.9. The number of benzene rings is 3. The molecule has 0 fully saturated rings. The molecule has 0 unspecified atom stereocenters. The van der Waals surface area contributed by atoms with E-state index in [4.69, 9.17) is 37.7 Å². The first-order valence-corrected chi connectivity index (χ1v) is 12.5. The third-order valence-corrected chi connectivity index (χ3v) is 7.29. The number of ether oxygens (including phenoxy) is 2. The zero-order chi connectivity index (χ0) is 24.9. The van der Waals surface area contributed by atoms with E-state index >= 15 is 0 Å². The first kappa shape index (κ1) is 24.9. The number of pyridine rings is 1. The molecule has 0 saturated carbocycles. The average molecular weight is 521 g/mol. The normalized spacial score (nSPS) is 10.6. The predicted octanol–water partition coefficient (Wildman–Crippen LogP) is 8.21. The molecular weight excluding hydrogens is 499 g/mol. The van der Waals surface area contributed by atoms with Crippen LogP contribution in [-0.2, 0) is 5.75 Å². The molecule has 0 spiro atoms. The SMILES string of the molecule is COc1ccc(-c2cc(-c3ccc(C)cc3)nc(SCc3ccc(Cl)c(Cl)c3)c2C#N)cc1OC. The smallest absolute Gasteiger partial charge is 0.161 e. The first-order valence-electron chi connectivity index (χ1n) is 10.7. The lowest BCUT2D eigenvalue weighted by Gasteiger charge is -2.15. The Hall–Kier alpha value is -3.17. The molecule has 0 N–H and O–H groups in total. The molecule has 0 aliphatic rings. The van der Waals surface area contributed by atoms with Gasteiger partial charge in [-0.3, -0.25) is 0 Å². The van der Waals surface area contributed by atoms with Crippen molar-refractivity contribution in [2.45, 2.75) is 17.7 Å². The Morgan fingerprint density at radius 2 is 1.57 bits per heavy atom. The van der Waals surface area contributed by atoms with E-state index in [9.17, 15) is 5.26 Å². The van der Waals surface area contributed by atoms with Crippen LogP contribution in [0.1, 0.15) is 16.7 Å². The van der Waals surface area contributed by atoms with Crippen LogP contribution in [0, 0.1) is 18.3 Å². The van der Waals surface area contributed by atoms with Gasteiger partial charge in [0.25, 0.3) is 0 Å². The molecule has 4 rings (SSSR count). The van der Waals surface area contributed by atoms with Gasteiger partial charge in [-0.05, 0) is 48.4 Å². The lowest BCUT2D eigenvalue weighted by atomic mass is 9.98. The fourth-order valence-electron chi connectivity index (χ4n) is 3.62. The van der Waals surface area contributed by atoms with Crippen molar-refractivity contribution in [3.63, 3.8) is 0 Å². The van der Waals surface area contributed by atoms with Gasteiger partial charge in [-0.15, -0.1) is 11.8 Å². The van der Waals surface area contributed by atoms with Crippen LogP contribution in [-0.4, -0.2) is 19.2 Å². The fourth-order valence-corrected chi connectivity index (χ4v) is 4.89. The largest absolute Gasteiger partial charge is 0.493 e. The number of nitriles is 1. The molecule has 0 bridgehead atoms. The number of aromatic nitrogens is 1. The molecule has 7 heteroatoms. The van der Waals surface area contributed by atoms with Crippen molar-refractivity contribution < 1.29 is 9.47 Å². The van der Waals surface area contributed by atoms with E-state index in [1.54, 1.807) is 20.3 Å². The van der Waals surface area contributed by atoms with Crippen molar-refractivity contribution in [2.24, 2.45) is 0 Å². The summed E-state index contributed by atoms with van der Waals surface area (Å²) in [7, 11) is 3.19. The molecule has 0 atom stereocenters. The van der Waals surface area contributed by atoms with Crippen molar-refractivity contribution in [1.29, 1.82) is 5.26 Å². The highest BCUT2D eigenvalue weighted by molar-refractivity contribution is 7.98. The molecule has 0 radical (unpaired) electrons. The number of hydrogen-bond donors (Lipinski definition) is 0. The Labute approximate surface area is 219 Å². The fraction of sp³-hybridized carbons (Fsp3) is 0.143. The van der Waals surface area contributed by atoms with E-state index in [1.807, 2.05) is 67.6 Å². The van der Waals surface area contributed by atoms with Crippen molar-refractivity contribution in [3.05, 3.63) is 93.5 Å². The minimum atomic E-state index is 0.498. The molecule has 1 heterocycles. The van der Waals surface area contributed by atoms with Gasteiger partial charge in [0.1, 0.15) is 11.1 Å². The lowest BCUT2D eigenvalue weighted by molar-refractivity contribution is 0.355. The van der Waals surface area contributed by atoms with Crippen molar-refractivity contribution >= 4 is 35.0 Å². The molecular formula is C28H22Cl2N2O2S. The Morgan fingerprint density at radius 1 is 0.857 bits per heavy atom. The maximum Gasteiger partial charge on any atom is 0.161 e. The van der Waals surface area contributed by atoms with E-state index in [2.05, 4.69) is 6.07 Å². The van der Waals surface area contributed by atoms with Crippen LogP contribution in [0.3, 0.4) is 0 Å². The van der Waals surface area contributed by atoms with Crippen LogP contribution in [0.4, 0.5) is 0 Å². The summed E-state index contributed by atoms with van der Waals surface area (Å²) in [5.74, 6) is 1.80. The number of nitrogens with zero attached hydrogens (tertiary/aromatic N) is 2. The standard InChI is InChI=1S/C28H22Cl2N2O2S/c1-17-4-7-19(8-5-17)25-14-21(20-9-11-26(33-2)27(13-20)34-3)22(15-31)28(32-25)35-16-18-6-10-23(29)24(30)12-18/h4-14H,16H2,1-3H3. The van der Waals surface area contributed by atoms with Crippen molar-refractivity contribution in [2.75, 3.05) is 14.2 Å². The Balaban J connectivity index is 1.84. The van der Waals surface area contributed by atoms with E-state index < -0.39 is 0 Å². The summed E-state index contributed by atoms with van der Waals surface area (Å²) in [6.45, 7) is 2.05. The molecule has 0 amide bonds. The van der Waals surface area contributed by atoms with Gasteiger partial charge in [-0.2, -0.15) is 5.26 Å². The van der Waals surface area contributed by atoms with Crippen LogP contribution in [0.15, 0.2) is 71.8 Å². The number of hydrogen-bond acceptors (Lipinski definition) is 5. The second-order valence-corrected chi connectivity index (χ2v) is 9.60. The van der Waals surface area contributed by atoms with E-state index in [0.29, 0.717) is 37.9 Å². The summed E-state index contributed by atoms with van der Waals surface area (Å²) in [4.78, 5) is 4.89. The summed E-state index contributed by atoms with van der Waals surface area (Å²) in [6.07, 6.45) is 0. The van der Waals surface area contributed by atoms with Gasteiger partial charge in [0.15, 0.2) is 11.5 Å². The number of methoxy groups -OCH3 is 2. The lowest BCUT2D eigenvalue weighted by Crippen LogP contribution is -1.97. The highest BCUT2D eigenvalue weighted by Crippen LogP contribution is 2.39. The second-order valence-electron chi connectivity index (χ2n) is 7.82. The maximum absolute atomic E-state index is 10.2. The molecule has 0 aliphatic carbocycles. The number of rotatable bonds is 7. The zero-order valence-electron chi connectivity index (χ0n) is 19.4. The molecule has 4 nitrogen and oxygen atoms in total. The van der Waals surface area contributed by atoms with Crippen LogP contribution >= 0.6 is 35.0 Å². The van der Waals surface area contributed by atoms with E-state index in [-0.39, 0.29) is 0 Å². The van der Waals surface area contributed by atoms with Gasteiger partial charge in [0.2, 0.25) is 0 Å². The van der Waals surface area contributed by atoms with Gasteiger partial charge < -0.3 is 9.47 Å². The number of halogens is 2. The Morgan fingerprint density at radius 3 is 2.23 bits per heavy atom. The summed E-state index contributed by atoms with van der Waals surface area (Å²) < 4.78 is 10.9. The number of thioether (sulfide) groups is 1. The molecule has 1 aromatic heterocycles. The van der Waals surface area contributed by atoms with Gasteiger partial charge >= 0.3 is 0 Å². The molecule has 3 aromatic carbocycles. The Kier molecular flexibility index (Phi) is 7.87. The van der Waals surface area contributed by atoms with Crippen LogP contribution in [0.5, 0.6) is 11.5 Å². The third kappa shape index (κ3) is 5.57. The number of aryl methyl sites for hydroxylation is 1. The minimum Gasteiger partial charge on any atom is -0.493 e. The van der Waals surface area contributed by atoms with Crippen LogP contribution in [0.2, 0.25) is 10.0 Å². The van der Waals surface area contributed by atoms with E-state index in [1.165, 1.54) is 11.8 Å². The topological polar surface area (TPSA) is 55.1 Å². The monoisotopic (exact) mass is 520 g/mol. The molecule has 35 heavy (non-hydrogen) atoms. The van der Waals surface area contributed by atoms with Gasteiger partial charge in [0.05, 0.1) is 35.5 Å². The molecule has 0 saturated heterocycles. The van der Waals surface area contributed by atoms with E-state index in [0.717, 1.165) is 33.5 Å². The average Bonchev–Trinajstić information content (AvgIpc) is 2.88. The third-order valence-electron chi connectivity index (χ3n) is 5.50. The summed E-state index contributed by atoms with van der Waals surface area (Å²) in [5.41, 5.74) is 6.02. The summed E-state index contributed by atoms with van der Waals surface area (Å²) >= 11 is 13.8. The minimum absolute atomic E-state index is 0.498. The predicted molar refractivity (Wildman–Crippen MR) is 144 cm³/mol. The molecule has 4 aromatic rings. The quantitative estimate of drug-likeness (QED) is 0.229. The van der Waals surface area contributed by atoms with Crippen molar-refractivity contribution in [1.82, 2.24) is 4.98 Å². The Bertz CT molecular complexity index is 1420. The molecule has 176 valence electrons. The zero-order valence-corrected chi connectivity index (χ0v) is 21.8. The van der Waals surface area contributed by atoms with Crippen molar-refractivity contribution in [3.8, 4) is 40.0 Å². The summed E-state index contributed by atoms with van der Waals surface area (Å²) in [6, 6.07) is 23.7. The highest BCUT2D eigenvalue weighted by atomic mass is 35.5. The van der Waals surface area contributed by atoms with Gasteiger partial charge in [-0.25, -0.2) is 4.98 Å². The highest BCUT2D eigenvalue weighted by Gasteiger charge is 2.18. The van der Waals surface area contributed by atoms with Gasteiger partial charge in [-0.1, -0.05) is 65.2 Å². The second kappa shape index (κ2) is 11.0. The van der Waals surface area contributed by atoms with Crippen LogP contribution in [0.25, 0.3) is 22.4 Å². The summed E-state index contributed by atoms with van der Waals surface area (Å²) in [5, 5.41) is 11.8. The van der Waals surface area contributed by atoms with Gasteiger partial charge in [0, 0.05) is 16.9 Å². The molecule has 0 aliphatic heterocycles. The maximum atomic E-state index is 10.2.